The van der Waals surface area contributed by atoms with Crippen LogP contribution in [0.4, 0.5) is 10.5 Å². The third-order valence-corrected chi connectivity index (χ3v) is 6.50. The molecule has 0 atom stereocenters. The highest BCUT2D eigenvalue weighted by Gasteiger charge is 2.36. The monoisotopic (exact) mass is 526 g/mol. The largest absolute Gasteiger partial charge is 0.490 e. The second-order valence-corrected chi connectivity index (χ2v) is 9.41. The van der Waals surface area contributed by atoms with E-state index in [1.54, 1.807) is 25.1 Å². The lowest BCUT2D eigenvalue weighted by Gasteiger charge is -2.26. The molecule has 3 aromatic rings. The number of rotatable bonds is 7. The molecule has 4 amide bonds. The Balaban J connectivity index is 1.67. The third kappa shape index (κ3) is 5.24. The quantitative estimate of drug-likeness (QED) is 0.279. The van der Waals surface area contributed by atoms with Crippen LogP contribution in [0.2, 0.25) is 5.02 Å². The molecule has 0 unspecified atom stereocenters. The van der Waals surface area contributed by atoms with Crippen LogP contribution in [-0.2, 0) is 19.7 Å². The van der Waals surface area contributed by atoms with Crippen molar-refractivity contribution in [3.8, 4) is 11.5 Å². The van der Waals surface area contributed by atoms with Gasteiger partial charge in [0, 0.05) is 5.02 Å². The van der Waals surface area contributed by atoms with Gasteiger partial charge in [-0.1, -0.05) is 35.9 Å². The maximum atomic E-state index is 13.1. The summed E-state index contributed by atoms with van der Waals surface area (Å²) in [4.78, 5) is 38.7. The third-order valence-electron chi connectivity index (χ3n) is 5.00. The highest BCUT2D eigenvalue weighted by atomic mass is 35.5. The zero-order valence-electron chi connectivity index (χ0n) is 18.8. The fraction of sp³-hybridized carbons (Fsp3) is 0.0800. The van der Waals surface area contributed by atoms with Gasteiger partial charge in [-0.25, -0.2) is 9.69 Å². The summed E-state index contributed by atoms with van der Waals surface area (Å²) in [6.45, 7) is 1.90. The average Bonchev–Trinajstić information content (AvgIpc) is 2.85. The molecule has 3 aromatic carbocycles. The lowest BCUT2D eigenvalue weighted by Crippen LogP contribution is -2.54. The summed E-state index contributed by atoms with van der Waals surface area (Å²) in [6.07, 6.45) is 1.27. The molecular formula is C25H19ClN2O7S. The van der Waals surface area contributed by atoms with Crippen molar-refractivity contribution in [3.63, 3.8) is 0 Å². The second-order valence-electron chi connectivity index (χ2n) is 7.42. The molecule has 1 N–H and O–H groups in total. The number of hydrogen-bond acceptors (Lipinski definition) is 7. The van der Waals surface area contributed by atoms with Crippen LogP contribution in [-0.4, -0.2) is 32.9 Å². The number of carbonyl (C=O) groups is 3. The van der Waals surface area contributed by atoms with Gasteiger partial charge in [0.1, 0.15) is 10.5 Å². The maximum absolute atomic E-state index is 13.1. The lowest BCUT2D eigenvalue weighted by molar-refractivity contribution is -0.122. The van der Waals surface area contributed by atoms with Gasteiger partial charge in [0.05, 0.1) is 12.3 Å². The van der Waals surface area contributed by atoms with E-state index in [2.05, 4.69) is 5.32 Å². The van der Waals surface area contributed by atoms with Gasteiger partial charge in [0.2, 0.25) is 0 Å². The van der Waals surface area contributed by atoms with Gasteiger partial charge in [-0.15, -0.1) is 0 Å². The van der Waals surface area contributed by atoms with Crippen molar-refractivity contribution >= 4 is 51.3 Å². The first-order chi connectivity index (χ1) is 17.2. The topological polar surface area (TPSA) is 119 Å². The van der Waals surface area contributed by atoms with E-state index in [9.17, 15) is 22.8 Å². The van der Waals surface area contributed by atoms with Gasteiger partial charge in [-0.2, -0.15) is 8.42 Å². The van der Waals surface area contributed by atoms with Crippen molar-refractivity contribution < 1.29 is 31.7 Å². The van der Waals surface area contributed by atoms with E-state index in [4.69, 9.17) is 20.5 Å². The van der Waals surface area contributed by atoms with Crippen LogP contribution in [0, 0.1) is 0 Å². The zero-order chi connectivity index (χ0) is 25.9. The van der Waals surface area contributed by atoms with Crippen molar-refractivity contribution in [1.82, 2.24) is 5.32 Å². The molecule has 11 heteroatoms. The Bertz CT molecular complexity index is 1470. The van der Waals surface area contributed by atoms with Gasteiger partial charge in [0.25, 0.3) is 11.8 Å². The molecule has 0 radical (unpaired) electrons. The predicted octanol–water partition coefficient (Wildman–Crippen LogP) is 4.17. The molecule has 0 bridgehead atoms. The fourth-order valence-electron chi connectivity index (χ4n) is 3.35. The van der Waals surface area contributed by atoms with Gasteiger partial charge >= 0.3 is 16.1 Å². The lowest BCUT2D eigenvalue weighted by atomic mass is 10.1. The first-order valence-corrected chi connectivity index (χ1v) is 12.4. The molecule has 184 valence electrons. The van der Waals surface area contributed by atoms with Gasteiger partial charge in [-0.05, 0) is 67.1 Å². The SMILES string of the molecule is CCOc1cc(/C=C2\C(=O)NC(=O)N(c3ccc(Cl)cc3)C2=O)ccc1OS(=O)(=O)c1ccccc1. The number of nitrogens with one attached hydrogen (secondary N) is 1. The van der Waals surface area contributed by atoms with E-state index in [0.717, 1.165) is 4.90 Å². The highest BCUT2D eigenvalue weighted by Crippen LogP contribution is 2.32. The summed E-state index contributed by atoms with van der Waals surface area (Å²) in [7, 11) is -4.13. The first-order valence-electron chi connectivity index (χ1n) is 10.6. The molecule has 1 saturated heterocycles. The molecule has 0 spiro atoms. The summed E-state index contributed by atoms with van der Waals surface area (Å²) in [6, 6.07) is 16.9. The molecule has 0 aromatic heterocycles. The summed E-state index contributed by atoms with van der Waals surface area (Å²) in [5, 5.41) is 2.55. The normalized spacial score (nSPS) is 15.1. The van der Waals surface area contributed by atoms with E-state index >= 15 is 0 Å². The van der Waals surface area contributed by atoms with E-state index in [1.165, 1.54) is 60.7 Å². The molecule has 36 heavy (non-hydrogen) atoms. The summed E-state index contributed by atoms with van der Waals surface area (Å²) >= 11 is 5.88. The molecule has 1 fully saturated rings. The molecule has 1 heterocycles. The minimum Gasteiger partial charge on any atom is -0.490 e. The molecule has 0 aliphatic carbocycles. The minimum absolute atomic E-state index is 0.0323. The smallest absolute Gasteiger partial charge is 0.339 e. The Morgan fingerprint density at radius 1 is 0.944 bits per heavy atom. The van der Waals surface area contributed by atoms with Gasteiger partial charge in [-0.3, -0.25) is 14.9 Å². The Morgan fingerprint density at radius 2 is 1.64 bits per heavy atom. The van der Waals surface area contributed by atoms with E-state index in [-0.39, 0.29) is 34.3 Å². The standard InChI is InChI=1S/C25H19ClN2O7S/c1-2-34-22-15-16(8-13-21(22)35-36(32,33)19-6-4-3-5-7-19)14-20-23(29)27-25(31)28(24(20)30)18-11-9-17(26)10-12-18/h3-15H,2H2,1H3,(H,27,29,31)/b20-14+. The van der Waals surface area contributed by atoms with Crippen LogP contribution in [0.15, 0.2) is 83.3 Å². The molecule has 0 saturated carbocycles. The van der Waals surface area contributed by atoms with Crippen molar-refractivity contribution in [2.24, 2.45) is 0 Å². The Morgan fingerprint density at radius 3 is 2.31 bits per heavy atom. The number of hydrogen-bond donors (Lipinski definition) is 1. The number of nitrogens with zero attached hydrogens (tertiary/aromatic N) is 1. The molecule has 1 aliphatic rings. The summed E-state index contributed by atoms with van der Waals surface area (Å²) < 4.78 is 36.1. The average molecular weight is 527 g/mol. The Labute approximate surface area is 212 Å². The number of halogens is 1. The van der Waals surface area contributed by atoms with E-state index in [0.29, 0.717) is 10.6 Å². The van der Waals surface area contributed by atoms with Gasteiger partial charge < -0.3 is 8.92 Å². The van der Waals surface area contributed by atoms with E-state index in [1.807, 2.05) is 0 Å². The zero-order valence-corrected chi connectivity index (χ0v) is 20.4. The van der Waals surface area contributed by atoms with Crippen LogP contribution in [0.1, 0.15) is 12.5 Å². The molecule has 9 nitrogen and oxygen atoms in total. The highest BCUT2D eigenvalue weighted by molar-refractivity contribution is 7.87. The predicted molar refractivity (Wildman–Crippen MR) is 132 cm³/mol. The maximum Gasteiger partial charge on any atom is 0.339 e. The van der Waals surface area contributed by atoms with Crippen LogP contribution in [0.25, 0.3) is 6.08 Å². The summed E-state index contributed by atoms with van der Waals surface area (Å²) in [5.41, 5.74) is 0.259. The first kappa shape index (κ1) is 25.0. The molecule has 1 aliphatic heterocycles. The number of urea groups is 1. The van der Waals surface area contributed by atoms with Crippen LogP contribution >= 0.6 is 11.6 Å². The number of anilines is 1. The minimum atomic E-state index is -4.13. The number of ether oxygens (including phenoxy) is 1. The fourth-order valence-corrected chi connectivity index (χ4v) is 4.44. The number of barbiturate groups is 1. The van der Waals surface area contributed by atoms with Crippen LogP contribution in [0.5, 0.6) is 11.5 Å². The summed E-state index contributed by atoms with van der Waals surface area (Å²) in [5.74, 6) is -1.70. The number of benzene rings is 3. The van der Waals surface area contributed by atoms with Crippen LogP contribution in [0.3, 0.4) is 0 Å². The van der Waals surface area contributed by atoms with E-state index < -0.39 is 28.0 Å². The Hall–Kier alpha value is -4.15. The van der Waals surface area contributed by atoms with Crippen molar-refractivity contribution in [2.45, 2.75) is 11.8 Å². The van der Waals surface area contributed by atoms with Crippen molar-refractivity contribution in [3.05, 3.63) is 89.0 Å². The molecular weight excluding hydrogens is 508 g/mol. The van der Waals surface area contributed by atoms with Gasteiger partial charge in [0.15, 0.2) is 11.5 Å². The second kappa shape index (κ2) is 10.2. The number of amides is 4. The van der Waals surface area contributed by atoms with Crippen LogP contribution < -0.4 is 19.1 Å². The van der Waals surface area contributed by atoms with Crippen molar-refractivity contribution in [1.29, 1.82) is 0 Å². The Kier molecular flexibility index (Phi) is 7.09. The number of carbonyl (C=O) groups excluding carboxylic acids is 3. The number of imide groups is 2. The molecule has 4 rings (SSSR count). The van der Waals surface area contributed by atoms with Crippen molar-refractivity contribution in [2.75, 3.05) is 11.5 Å².